The van der Waals surface area contributed by atoms with Gasteiger partial charge in [-0.1, -0.05) is 24.6 Å². The van der Waals surface area contributed by atoms with Crippen molar-refractivity contribution in [3.8, 4) is 5.75 Å². The van der Waals surface area contributed by atoms with Gasteiger partial charge in [-0.15, -0.1) is 0 Å². The molecule has 6 rings (SSSR count). The normalized spacial score (nSPS) is 19.5. The molecule has 2 aromatic carbocycles. The first-order valence-corrected chi connectivity index (χ1v) is 14.0. The summed E-state index contributed by atoms with van der Waals surface area (Å²) < 4.78 is 28.2. The van der Waals surface area contributed by atoms with E-state index in [4.69, 9.17) is 9.47 Å². The van der Waals surface area contributed by atoms with E-state index in [1.807, 2.05) is 12.1 Å². The number of benzene rings is 2. The van der Waals surface area contributed by atoms with Crippen molar-refractivity contribution in [2.75, 3.05) is 40.5 Å². The van der Waals surface area contributed by atoms with Gasteiger partial charge in [0.05, 0.1) is 19.2 Å². The van der Waals surface area contributed by atoms with E-state index < -0.39 is 0 Å². The number of rotatable bonds is 7. The number of amides is 1. The van der Waals surface area contributed by atoms with Gasteiger partial charge in [0.2, 0.25) is 5.91 Å². The molecule has 0 atom stereocenters. The Morgan fingerprint density at radius 3 is 2.58 bits per heavy atom. The Morgan fingerprint density at radius 2 is 1.89 bits per heavy atom. The predicted molar refractivity (Wildman–Crippen MR) is 146 cm³/mol. The second kappa shape index (κ2) is 10.3. The molecule has 0 N–H and O–H groups in total. The molecule has 0 radical (unpaired) electrons. The monoisotopic (exact) mass is 519 g/mol. The van der Waals surface area contributed by atoms with Crippen LogP contribution < -0.4 is 4.74 Å². The van der Waals surface area contributed by atoms with Crippen LogP contribution in [0.5, 0.6) is 5.75 Å². The summed E-state index contributed by atoms with van der Waals surface area (Å²) in [5, 5.41) is 1.27. The third-order valence-corrected chi connectivity index (χ3v) is 9.17. The van der Waals surface area contributed by atoms with Gasteiger partial charge in [-0.2, -0.15) is 0 Å². The Labute approximate surface area is 224 Å². The molecule has 202 valence electrons. The number of hydrogen-bond acceptors (Lipinski definition) is 4. The molecule has 3 heterocycles. The lowest BCUT2D eigenvalue weighted by Crippen LogP contribution is -2.54. The first kappa shape index (κ1) is 25.4. The second-order valence-electron chi connectivity index (χ2n) is 11.3. The maximum absolute atomic E-state index is 14.7. The van der Waals surface area contributed by atoms with E-state index in [1.165, 1.54) is 23.1 Å². The van der Waals surface area contributed by atoms with Crippen LogP contribution in [-0.2, 0) is 34.6 Å². The van der Waals surface area contributed by atoms with Gasteiger partial charge in [-0.3, -0.25) is 9.69 Å². The fourth-order valence-electron chi connectivity index (χ4n) is 6.93. The fourth-order valence-corrected chi connectivity index (χ4v) is 6.93. The van der Waals surface area contributed by atoms with E-state index >= 15 is 0 Å². The highest BCUT2D eigenvalue weighted by Gasteiger charge is 2.46. The molecule has 1 amide bonds. The number of nitrogens with zero attached hydrogens (tertiary/aromatic N) is 3. The van der Waals surface area contributed by atoms with Crippen LogP contribution in [0, 0.1) is 11.7 Å². The molecule has 1 spiro atoms. The van der Waals surface area contributed by atoms with Crippen molar-refractivity contribution in [1.29, 1.82) is 0 Å². The molecule has 1 aliphatic carbocycles. The lowest BCUT2D eigenvalue weighted by atomic mass is 9.69. The highest BCUT2D eigenvalue weighted by Crippen LogP contribution is 2.48. The summed E-state index contributed by atoms with van der Waals surface area (Å²) in [7, 11) is 3.44. The molecular formula is C31H38FN3O3. The molecule has 1 aromatic heterocycles. The largest absolute Gasteiger partial charge is 0.497 e. The highest BCUT2D eigenvalue weighted by atomic mass is 19.1. The van der Waals surface area contributed by atoms with Crippen molar-refractivity contribution < 1.29 is 18.7 Å². The van der Waals surface area contributed by atoms with Crippen molar-refractivity contribution in [2.45, 2.75) is 57.2 Å². The molecule has 0 unspecified atom stereocenters. The molecule has 2 fully saturated rings. The van der Waals surface area contributed by atoms with Crippen LogP contribution in [0.15, 0.2) is 42.5 Å². The number of halogens is 1. The van der Waals surface area contributed by atoms with E-state index in [9.17, 15) is 9.18 Å². The van der Waals surface area contributed by atoms with Gasteiger partial charge in [0.1, 0.15) is 11.6 Å². The Morgan fingerprint density at radius 1 is 1.11 bits per heavy atom. The van der Waals surface area contributed by atoms with Crippen molar-refractivity contribution in [3.63, 3.8) is 0 Å². The topological polar surface area (TPSA) is 46.9 Å². The number of methoxy groups -OCH3 is 2. The van der Waals surface area contributed by atoms with Crippen LogP contribution in [0.2, 0.25) is 0 Å². The highest BCUT2D eigenvalue weighted by molar-refractivity contribution is 5.88. The Balaban J connectivity index is 1.41. The molecule has 7 heteroatoms. The molecular weight excluding hydrogens is 481 g/mol. The third kappa shape index (κ3) is 4.39. The number of ether oxygens (including phenoxy) is 2. The minimum absolute atomic E-state index is 0.0968. The quantitative estimate of drug-likeness (QED) is 0.435. The predicted octanol–water partition coefficient (Wildman–Crippen LogP) is 5.11. The van der Waals surface area contributed by atoms with Gasteiger partial charge in [0, 0.05) is 80.4 Å². The van der Waals surface area contributed by atoms with E-state index in [0.717, 1.165) is 75.2 Å². The number of piperidine rings is 1. The lowest BCUT2D eigenvalue weighted by Gasteiger charge is -2.49. The molecule has 3 aliphatic rings. The Kier molecular flexibility index (Phi) is 6.91. The van der Waals surface area contributed by atoms with Crippen molar-refractivity contribution in [3.05, 3.63) is 65.1 Å². The Hall–Kier alpha value is -2.90. The molecule has 1 saturated carbocycles. The van der Waals surface area contributed by atoms with Crippen molar-refractivity contribution in [1.82, 2.24) is 14.4 Å². The number of carbonyl (C=O) groups excluding carboxylic acids is 1. The van der Waals surface area contributed by atoms with Gasteiger partial charge in [0.25, 0.3) is 0 Å². The van der Waals surface area contributed by atoms with Gasteiger partial charge in [-0.25, -0.2) is 4.39 Å². The summed E-state index contributed by atoms with van der Waals surface area (Å²) in [6.07, 6.45) is 5.09. The van der Waals surface area contributed by atoms with Crippen LogP contribution in [0.1, 0.15) is 48.9 Å². The summed E-state index contributed by atoms with van der Waals surface area (Å²) in [6.45, 7) is 5.08. The summed E-state index contributed by atoms with van der Waals surface area (Å²) in [5.74, 6) is 1.26. The number of carbonyl (C=O) groups is 1. The van der Waals surface area contributed by atoms with Crippen LogP contribution in [0.3, 0.4) is 0 Å². The van der Waals surface area contributed by atoms with E-state index in [1.54, 1.807) is 26.4 Å². The number of fused-ring (bicyclic) bond motifs is 4. The first-order chi connectivity index (χ1) is 18.5. The summed E-state index contributed by atoms with van der Waals surface area (Å²) in [5.41, 5.74) is 4.48. The SMILES string of the molecule is COCCn1c2c(c3ccc(OC)cc31)C1(CCN(C(=O)C3CCC3)CC1)CN(Cc1ccccc1F)C2. The molecule has 38 heavy (non-hydrogen) atoms. The second-order valence-corrected chi connectivity index (χ2v) is 11.3. The summed E-state index contributed by atoms with van der Waals surface area (Å²) in [4.78, 5) is 17.6. The van der Waals surface area contributed by atoms with Crippen LogP contribution in [0.25, 0.3) is 10.9 Å². The molecule has 1 saturated heterocycles. The van der Waals surface area contributed by atoms with Gasteiger partial charge < -0.3 is 18.9 Å². The minimum atomic E-state index is -0.155. The molecule has 2 aliphatic heterocycles. The van der Waals surface area contributed by atoms with Crippen LogP contribution in [0.4, 0.5) is 4.39 Å². The van der Waals surface area contributed by atoms with E-state index in [0.29, 0.717) is 19.1 Å². The summed E-state index contributed by atoms with van der Waals surface area (Å²) in [6, 6.07) is 13.5. The zero-order valence-corrected chi connectivity index (χ0v) is 22.5. The zero-order valence-electron chi connectivity index (χ0n) is 22.5. The first-order valence-electron chi connectivity index (χ1n) is 14.0. The standard InChI is InChI=1S/C31H38FN3O3/c1-37-17-16-35-27-18-24(38-2)10-11-25(27)29-28(35)20-33(19-23-6-3-4-9-26(23)32)21-31(29)12-14-34(15-13-31)30(36)22-7-5-8-22/h3-4,6,9-11,18,22H,5,7-8,12-17,19-21H2,1-2H3. The van der Waals surface area contributed by atoms with E-state index in [2.05, 4.69) is 32.6 Å². The van der Waals surface area contributed by atoms with E-state index in [-0.39, 0.29) is 17.2 Å². The molecule has 3 aromatic rings. The van der Waals surface area contributed by atoms with Gasteiger partial charge in [-0.05, 0) is 49.4 Å². The minimum Gasteiger partial charge on any atom is -0.497 e. The third-order valence-electron chi connectivity index (χ3n) is 9.17. The zero-order chi connectivity index (χ0) is 26.3. The van der Waals surface area contributed by atoms with Crippen molar-refractivity contribution in [2.24, 2.45) is 5.92 Å². The fraction of sp³-hybridized carbons (Fsp3) is 0.516. The smallest absolute Gasteiger partial charge is 0.225 e. The van der Waals surface area contributed by atoms with Crippen LogP contribution >= 0.6 is 0 Å². The number of likely N-dealkylation sites (tertiary alicyclic amines) is 1. The van der Waals surface area contributed by atoms with Gasteiger partial charge in [0.15, 0.2) is 0 Å². The average Bonchev–Trinajstić information content (AvgIpc) is 3.21. The lowest BCUT2D eigenvalue weighted by molar-refractivity contribution is -0.140. The van der Waals surface area contributed by atoms with Gasteiger partial charge >= 0.3 is 0 Å². The van der Waals surface area contributed by atoms with Crippen molar-refractivity contribution >= 4 is 16.8 Å². The maximum atomic E-state index is 14.7. The summed E-state index contributed by atoms with van der Waals surface area (Å²) >= 11 is 0. The Bertz CT molecular complexity index is 1320. The number of hydrogen-bond donors (Lipinski definition) is 0. The number of aromatic nitrogens is 1. The maximum Gasteiger partial charge on any atom is 0.225 e. The molecule has 0 bridgehead atoms. The molecule has 6 nitrogen and oxygen atoms in total. The average molecular weight is 520 g/mol. The van der Waals surface area contributed by atoms with Crippen LogP contribution in [-0.4, -0.2) is 60.7 Å².